The average molecular weight is 906 g/mol. The molecule has 0 aromatic heterocycles. The summed E-state index contributed by atoms with van der Waals surface area (Å²) >= 11 is 6.08. The van der Waals surface area contributed by atoms with Gasteiger partial charge in [-0.15, -0.1) is 0 Å². The summed E-state index contributed by atoms with van der Waals surface area (Å²) in [6.07, 6.45) is 15.2. The van der Waals surface area contributed by atoms with Gasteiger partial charge >= 0.3 is 0 Å². The van der Waals surface area contributed by atoms with E-state index in [-0.39, 0.29) is 10.8 Å². The number of hydrogen-bond donors (Lipinski definition) is 1. The van der Waals surface area contributed by atoms with E-state index in [4.69, 9.17) is 11.6 Å². The van der Waals surface area contributed by atoms with Gasteiger partial charge in [0.2, 0.25) is 11.8 Å². The van der Waals surface area contributed by atoms with E-state index in [1.54, 1.807) is 0 Å². The fourth-order valence-electron chi connectivity index (χ4n) is 16.8. The van der Waals surface area contributed by atoms with Crippen molar-refractivity contribution in [2.45, 2.75) is 126 Å². The molecule has 8 saturated carbocycles. The van der Waals surface area contributed by atoms with Crippen LogP contribution >= 0.6 is 11.6 Å². The fourth-order valence-corrected chi connectivity index (χ4v) is 17.0. The Balaban J connectivity index is 0.000000146. The minimum absolute atomic E-state index is 0.00133. The van der Waals surface area contributed by atoms with Crippen LogP contribution < -0.4 is 0 Å². The molecular weight excluding hydrogens is 832 g/mol. The molecule has 2 amide bonds. The highest BCUT2D eigenvalue weighted by molar-refractivity contribution is 6.30. The molecular formula is C60H73ClN2O3. The molecule has 0 atom stereocenters. The number of carbonyl (C=O) groups is 2. The summed E-state index contributed by atoms with van der Waals surface area (Å²) in [5.74, 6) is 9.08. The van der Waals surface area contributed by atoms with E-state index in [1.807, 2.05) is 42.5 Å². The number of aliphatic hydroxyl groups is 1. The maximum atomic E-state index is 13.8. The summed E-state index contributed by atoms with van der Waals surface area (Å²) in [4.78, 5) is 31.9. The van der Waals surface area contributed by atoms with Gasteiger partial charge in [-0.3, -0.25) is 9.59 Å². The Hall–Kier alpha value is -3.93. The van der Waals surface area contributed by atoms with Crippen molar-refractivity contribution in [1.82, 2.24) is 9.80 Å². The van der Waals surface area contributed by atoms with Crippen molar-refractivity contribution in [3.8, 4) is 0 Å². The Morgan fingerprint density at radius 1 is 0.515 bits per heavy atom. The highest BCUT2D eigenvalue weighted by Crippen LogP contribution is 2.67. The lowest BCUT2D eigenvalue weighted by Gasteiger charge is -2.64. The van der Waals surface area contributed by atoms with Crippen molar-refractivity contribution in [1.29, 1.82) is 0 Å². The minimum Gasteiger partial charge on any atom is -0.385 e. The number of carbonyl (C=O) groups excluding carboxylic acids is 2. The third kappa shape index (κ3) is 7.79. The Morgan fingerprint density at radius 3 is 1.24 bits per heavy atom. The molecule has 2 saturated heterocycles. The summed E-state index contributed by atoms with van der Waals surface area (Å²) in [5, 5.41) is 12.0. The van der Waals surface area contributed by atoms with E-state index in [1.165, 1.54) is 68.1 Å². The van der Waals surface area contributed by atoms with Crippen LogP contribution in [0.5, 0.6) is 0 Å². The lowest BCUT2D eigenvalue weighted by molar-refractivity contribution is -0.146. The summed E-state index contributed by atoms with van der Waals surface area (Å²) < 4.78 is 0. The van der Waals surface area contributed by atoms with Crippen LogP contribution in [0.3, 0.4) is 0 Å². The molecule has 8 bridgehead atoms. The van der Waals surface area contributed by atoms with Crippen LogP contribution in [0.4, 0.5) is 0 Å². The van der Waals surface area contributed by atoms with E-state index in [0.29, 0.717) is 80.2 Å². The van der Waals surface area contributed by atoms with Crippen LogP contribution in [0.1, 0.15) is 132 Å². The topological polar surface area (TPSA) is 60.9 Å². The number of halogens is 1. The molecule has 4 aromatic carbocycles. The van der Waals surface area contributed by atoms with Crippen molar-refractivity contribution >= 4 is 23.4 Å². The van der Waals surface area contributed by atoms with Gasteiger partial charge < -0.3 is 14.9 Å². The monoisotopic (exact) mass is 905 g/mol. The van der Waals surface area contributed by atoms with Gasteiger partial charge in [0.1, 0.15) is 0 Å². The summed E-state index contributed by atoms with van der Waals surface area (Å²) in [6, 6.07) is 40.4. The summed E-state index contributed by atoms with van der Waals surface area (Å²) in [6.45, 7) is 8.03. The first-order valence-electron chi connectivity index (χ1n) is 26.2. The highest BCUT2D eigenvalue weighted by Gasteiger charge is 2.62. The first-order valence-corrected chi connectivity index (χ1v) is 26.6. The second-order valence-corrected chi connectivity index (χ2v) is 23.5. The molecule has 2 aliphatic heterocycles. The van der Waals surface area contributed by atoms with Crippen molar-refractivity contribution in [2.75, 3.05) is 26.2 Å². The van der Waals surface area contributed by atoms with Crippen LogP contribution in [0.2, 0.25) is 5.02 Å². The van der Waals surface area contributed by atoms with Crippen molar-refractivity contribution in [2.24, 2.45) is 59.2 Å². The van der Waals surface area contributed by atoms with Crippen LogP contribution in [-0.4, -0.2) is 52.9 Å². The minimum atomic E-state index is -0.812. The molecule has 66 heavy (non-hydrogen) atoms. The van der Waals surface area contributed by atoms with Gasteiger partial charge in [0.15, 0.2) is 0 Å². The molecule has 10 aliphatic rings. The highest BCUT2D eigenvalue weighted by atomic mass is 35.5. The van der Waals surface area contributed by atoms with Crippen molar-refractivity contribution in [3.05, 3.63) is 143 Å². The van der Waals surface area contributed by atoms with Crippen LogP contribution in [0, 0.1) is 59.2 Å². The third-order valence-electron chi connectivity index (χ3n) is 20.5. The number of benzene rings is 4. The first-order chi connectivity index (χ1) is 32.0. The van der Waals surface area contributed by atoms with Crippen LogP contribution in [-0.2, 0) is 26.0 Å². The van der Waals surface area contributed by atoms with E-state index in [9.17, 15) is 14.7 Å². The molecule has 2 heterocycles. The second kappa shape index (κ2) is 17.9. The van der Waals surface area contributed by atoms with Crippen molar-refractivity contribution < 1.29 is 14.7 Å². The molecule has 14 rings (SSSR count). The first kappa shape index (κ1) is 44.6. The quantitative estimate of drug-likeness (QED) is 0.192. The predicted molar refractivity (Wildman–Crippen MR) is 265 cm³/mol. The van der Waals surface area contributed by atoms with E-state index < -0.39 is 5.60 Å². The fraction of sp³-hybridized carbons (Fsp3) is 0.567. The molecule has 348 valence electrons. The molecule has 8 aliphatic carbocycles. The zero-order chi connectivity index (χ0) is 45.2. The van der Waals surface area contributed by atoms with Crippen LogP contribution in [0.25, 0.3) is 0 Å². The zero-order valence-corrected chi connectivity index (χ0v) is 40.3. The van der Waals surface area contributed by atoms with Gasteiger partial charge in [0.05, 0.1) is 5.60 Å². The molecule has 0 radical (unpaired) electrons. The lowest BCUT2D eigenvalue weighted by Crippen LogP contribution is -2.59. The largest absolute Gasteiger partial charge is 0.385 e. The summed E-state index contributed by atoms with van der Waals surface area (Å²) in [5.41, 5.74) is 4.43. The van der Waals surface area contributed by atoms with Gasteiger partial charge in [0, 0.05) is 54.9 Å². The number of amides is 2. The molecule has 0 unspecified atom stereocenters. The molecule has 5 nitrogen and oxygen atoms in total. The Labute approximate surface area is 400 Å². The molecule has 6 heteroatoms. The van der Waals surface area contributed by atoms with Gasteiger partial charge in [0.25, 0.3) is 0 Å². The lowest BCUT2D eigenvalue weighted by atomic mass is 9.41. The second-order valence-electron chi connectivity index (χ2n) is 23.1. The van der Waals surface area contributed by atoms with E-state index in [2.05, 4.69) is 96.4 Å². The van der Waals surface area contributed by atoms with Crippen LogP contribution in [0.15, 0.2) is 115 Å². The number of nitrogens with zero attached hydrogens (tertiary/aromatic N) is 2. The van der Waals surface area contributed by atoms with Gasteiger partial charge in [-0.2, -0.15) is 0 Å². The SMILES string of the molecule is CC1C2CC3CC1CC(C2)C3(CC(=O)N1CCC(O)(c2ccccc2)CC1)c1ccccc1.CC1C2CC3CC1CC(C2)C3(CC(=O)N1CCC(c2ccc(Cl)cc2)CC1)c1ccccc1. The number of likely N-dealkylation sites (tertiary alicyclic amines) is 2. The summed E-state index contributed by atoms with van der Waals surface area (Å²) in [7, 11) is 0. The molecule has 4 aromatic rings. The molecule has 1 N–H and O–H groups in total. The standard InChI is InChI=1S/C30H36ClNO.C30H37NO2/c1-20-23-15-26-17-24(20)18-27(16-23)30(26,25-5-3-2-4-6-25)19-29(33)32-13-11-22(12-14-32)21-7-9-28(31)10-8-21;1-21-22-16-26-18-23(21)19-27(17-22)30(26,25-10-6-3-7-11-25)20-28(32)31-14-12-29(33,13-15-31)24-8-4-2-5-9-24/h2-10,20,22-24,26-27H,11-19H2,1H3;2-11,21-23,26-27,33H,12-20H2,1H3. The maximum absolute atomic E-state index is 13.8. The normalized spacial score (nSPS) is 36.2. The molecule has 10 fully saturated rings. The van der Waals surface area contributed by atoms with Gasteiger partial charge in [-0.25, -0.2) is 0 Å². The van der Waals surface area contributed by atoms with E-state index in [0.717, 1.165) is 72.0 Å². The number of piperidine rings is 2. The number of rotatable bonds is 8. The smallest absolute Gasteiger partial charge is 0.223 e. The van der Waals surface area contributed by atoms with Crippen molar-refractivity contribution in [3.63, 3.8) is 0 Å². The number of hydrogen-bond acceptors (Lipinski definition) is 3. The molecule has 0 spiro atoms. The third-order valence-corrected chi connectivity index (χ3v) is 20.8. The Kier molecular flexibility index (Phi) is 12.1. The maximum Gasteiger partial charge on any atom is 0.223 e. The van der Waals surface area contributed by atoms with Gasteiger partial charge in [-0.05, 0) is 177 Å². The average Bonchev–Trinajstić information content (AvgIpc) is 3.34. The van der Waals surface area contributed by atoms with Gasteiger partial charge in [-0.1, -0.05) is 129 Å². The Bertz CT molecular complexity index is 2260. The zero-order valence-electron chi connectivity index (χ0n) is 39.6. The predicted octanol–water partition coefficient (Wildman–Crippen LogP) is 12.6. The van der Waals surface area contributed by atoms with E-state index >= 15 is 0 Å². The Morgan fingerprint density at radius 2 is 0.864 bits per heavy atom.